The molecule has 1 heterocycles. The van der Waals surface area contributed by atoms with E-state index in [4.69, 9.17) is 5.26 Å². The van der Waals surface area contributed by atoms with Crippen molar-refractivity contribution in [2.24, 2.45) is 0 Å². The zero-order valence-corrected chi connectivity index (χ0v) is 16.2. The number of carbonyl (C=O) groups is 1. The van der Waals surface area contributed by atoms with Crippen LogP contribution in [0.5, 0.6) is 0 Å². The van der Waals surface area contributed by atoms with Gasteiger partial charge in [0.25, 0.3) is 0 Å². The lowest BCUT2D eigenvalue weighted by Crippen LogP contribution is -2.35. The highest BCUT2D eigenvalue weighted by molar-refractivity contribution is 7.89. The van der Waals surface area contributed by atoms with E-state index in [0.29, 0.717) is 37.4 Å². The molecule has 0 aromatic heterocycles. The third kappa shape index (κ3) is 5.29. The minimum absolute atomic E-state index is 0.0431. The highest BCUT2D eigenvalue weighted by Crippen LogP contribution is 2.21. The highest BCUT2D eigenvalue weighted by atomic mass is 32.2. The molecule has 0 spiro atoms. The third-order valence-electron chi connectivity index (χ3n) is 4.61. The van der Waals surface area contributed by atoms with Crippen LogP contribution in [0.15, 0.2) is 29.2 Å². The number of hydrogen-bond donors (Lipinski definition) is 0. The van der Waals surface area contributed by atoms with Crippen molar-refractivity contribution in [3.8, 4) is 6.07 Å². The number of benzene rings is 1. The number of rotatable bonds is 8. The summed E-state index contributed by atoms with van der Waals surface area (Å²) in [4.78, 5) is 14.1. The molecule has 0 aliphatic carbocycles. The number of sulfonamides is 1. The molecule has 0 saturated carbocycles. The van der Waals surface area contributed by atoms with Crippen molar-refractivity contribution in [2.75, 3.05) is 26.2 Å². The Morgan fingerprint density at radius 2 is 1.85 bits per heavy atom. The SMILES string of the molecule is CCCN(CC#N)C(=O)CCc1ccc(S(=O)(=O)N2CCCCC2)cc1. The van der Waals surface area contributed by atoms with E-state index in [9.17, 15) is 13.2 Å². The Kier molecular flexibility index (Phi) is 7.61. The molecule has 0 radical (unpaired) electrons. The summed E-state index contributed by atoms with van der Waals surface area (Å²) in [6, 6.07) is 8.83. The second kappa shape index (κ2) is 9.70. The Morgan fingerprint density at radius 3 is 2.42 bits per heavy atom. The Hall–Kier alpha value is -1.91. The van der Waals surface area contributed by atoms with Crippen molar-refractivity contribution in [1.82, 2.24) is 9.21 Å². The minimum atomic E-state index is -3.42. The lowest BCUT2D eigenvalue weighted by molar-refractivity contribution is -0.130. The van der Waals surface area contributed by atoms with Gasteiger partial charge in [-0.1, -0.05) is 25.5 Å². The van der Waals surface area contributed by atoms with E-state index in [-0.39, 0.29) is 12.5 Å². The predicted octanol–water partition coefficient (Wildman–Crippen LogP) is 2.56. The van der Waals surface area contributed by atoms with E-state index in [0.717, 1.165) is 31.2 Å². The summed E-state index contributed by atoms with van der Waals surface area (Å²) in [7, 11) is -3.42. The number of carbonyl (C=O) groups excluding carboxylic acids is 1. The van der Waals surface area contributed by atoms with Crippen LogP contribution in [0.25, 0.3) is 0 Å². The van der Waals surface area contributed by atoms with Crippen LogP contribution >= 0.6 is 0 Å². The number of piperidine rings is 1. The molecule has 0 bridgehead atoms. The molecule has 1 aromatic carbocycles. The number of aryl methyl sites for hydroxylation is 1. The molecule has 1 aliphatic heterocycles. The summed E-state index contributed by atoms with van der Waals surface area (Å²) in [5.74, 6) is -0.0431. The normalized spacial score (nSPS) is 15.4. The molecule has 0 unspecified atom stereocenters. The number of nitrogens with zero attached hydrogens (tertiary/aromatic N) is 3. The molecular weight excluding hydrogens is 350 g/mol. The van der Waals surface area contributed by atoms with Crippen LogP contribution in [0.4, 0.5) is 0 Å². The van der Waals surface area contributed by atoms with Crippen molar-refractivity contribution in [3.63, 3.8) is 0 Å². The van der Waals surface area contributed by atoms with Crippen molar-refractivity contribution in [3.05, 3.63) is 29.8 Å². The van der Waals surface area contributed by atoms with Crippen LogP contribution in [0.1, 0.15) is 44.6 Å². The van der Waals surface area contributed by atoms with Crippen LogP contribution in [0, 0.1) is 11.3 Å². The van der Waals surface area contributed by atoms with Crippen LogP contribution in [0.3, 0.4) is 0 Å². The zero-order valence-electron chi connectivity index (χ0n) is 15.4. The van der Waals surface area contributed by atoms with E-state index in [1.54, 1.807) is 33.5 Å². The predicted molar refractivity (Wildman–Crippen MR) is 99.9 cm³/mol. The van der Waals surface area contributed by atoms with E-state index in [1.165, 1.54) is 0 Å². The van der Waals surface area contributed by atoms with Crippen LogP contribution in [0.2, 0.25) is 0 Å². The van der Waals surface area contributed by atoms with Crippen molar-refractivity contribution < 1.29 is 13.2 Å². The van der Waals surface area contributed by atoms with Gasteiger partial charge in [-0.05, 0) is 43.4 Å². The van der Waals surface area contributed by atoms with Crippen molar-refractivity contribution in [2.45, 2.75) is 50.3 Å². The maximum absolute atomic E-state index is 12.6. The molecule has 142 valence electrons. The summed E-state index contributed by atoms with van der Waals surface area (Å²) in [6.07, 6.45) is 4.58. The number of amides is 1. The summed E-state index contributed by atoms with van der Waals surface area (Å²) < 4.78 is 26.8. The Balaban J connectivity index is 1.97. The van der Waals surface area contributed by atoms with Gasteiger partial charge in [0.05, 0.1) is 11.0 Å². The lowest BCUT2D eigenvalue weighted by Gasteiger charge is -2.25. The quantitative estimate of drug-likeness (QED) is 0.652. The standard InChI is InChI=1S/C19H27N3O3S/c1-2-13-21(16-12-20)19(23)11-8-17-6-9-18(10-7-17)26(24,25)22-14-4-3-5-15-22/h6-7,9-10H,2-5,8,11,13-16H2,1H3. The number of nitriles is 1. The molecule has 0 atom stereocenters. The molecular formula is C19H27N3O3S. The summed E-state index contributed by atoms with van der Waals surface area (Å²) >= 11 is 0. The fraction of sp³-hybridized carbons (Fsp3) is 0.579. The molecule has 0 N–H and O–H groups in total. The first-order chi connectivity index (χ1) is 12.5. The Morgan fingerprint density at radius 1 is 1.19 bits per heavy atom. The largest absolute Gasteiger partial charge is 0.329 e. The van der Waals surface area contributed by atoms with Gasteiger partial charge in [-0.25, -0.2) is 8.42 Å². The van der Waals surface area contributed by atoms with E-state index in [2.05, 4.69) is 0 Å². The zero-order chi connectivity index (χ0) is 19.0. The Labute approximate surface area is 156 Å². The molecule has 2 rings (SSSR count). The smallest absolute Gasteiger partial charge is 0.243 e. The average molecular weight is 378 g/mol. The summed E-state index contributed by atoms with van der Waals surface area (Å²) in [5.41, 5.74) is 0.921. The topological polar surface area (TPSA) is 81.5 Å². The first kappa shape index (κ1) is 20.4. The molecule has 1 fully saturated rings. The summed E-state index contributed by atoms with van der Waals surface area (Å²) in [5, 5.41) is 8.81. The van der Waals surface area contributed by atoms with Crippen molar-refractivity contribution >= 4 is 15.9 Å². The molecule has 7 heteroatoms. The molecule has 1 aliphatic rings. The van der Waals surface area contributed by atoms with E-state index < -0.39 is 10.0 Å². The van der Waals surface area contributed by atoms with Gasteiger partial charge in [0.2, 0.25) is 15.9 Å². The van der Waals surface area contributed by atoms with Gasteiger partial charge in [0, 0.05) is 26.1 Å². The Bertz CT molecular complexity index is 732. The van der Waals surface area contributed by atoms with Gasteiger partial charge in [-0.15, -0.1) is 0 Å². The second-order valence-corrected chi connectivity index (χ2v) is 8.52. The molecule has 26 heavy (non-hydrogen) atoms. The molecule has 1 amide bonds. The van der Waals surface area contributed by atoms with Crippen molar-refractivity contribution in [1.29, 1.82) is 5.26 Å². The first-order valence-electron chi connectivity index (χ1n) is 9.23. The van der Waals surface area contributed by atoms with Gasteiger partial charge >= 0.3 is 0 Å². The molecule has 1 saturated heterocycles. The molecule has 6 nitrogen and oxygen atoms in total. The first-order valence-corrected chi connectivity index (χ1v) is 10.7. The minimum Gasteiger partial charge on any atom is -0.329 e. The maximum atomic E-state index is 12.6. The fourth-order valence-electron chi connectivity index (χ4n) is 3.14. The number of hydrogen-bond acceptors (Lipinski definition) is 4. The lowest BCUT2D eigenvalue weighted by atomic mass is 10.1. The summed E-state index contributed by atoms with van der Waals surface area (Å²) in [6.45, 7) is 3.84. The highest BCUT2D eigenvalue weighted by Gasteiger charge is 2.25. The van der Waals surface area contributed by atoms with Crippen LogP contribution < -0.4 is 0 Å². The second-order valence-electron chi connectivity index (χ2n) is 6.58. The average Bonchev–Trinajstić information content (AvgIpc) is 2.67. The monoisotopic (exact) mass is 377 g/mol. The van der Waals surface area contributed by atoms with E-state index >= 15 is 0 Å². The van der Waals surface area contributed by atoms with Crippen LogP contribution in [-0.2, 0) is 21.2 Å². The maximum Gasteiger partial charge on any atom is 0.243 e. The van der Waals surface area contributed by atoms with Gasteiger partial charge in [0.1, 0.15) is 6.54 Å². The van der Waals surface area contributed by atoms with Gasteiger partial charge < -0.3 is 4.90 Å². The van der Waals surface area contributed by atoms with Gasteiger partial charge in [-0.2, -0.15) is 9.57 Å². The third-order valence-corrected chi connectivity index (χ3v) is 6.52. The molecule has 1 aromatic rings. The van der Waals surface area contributed by atoms with Crippen LogP contribution in [-0.4, -0.2) is 49.7 Å². The van der Waals surface area contributed by atoms with Gasteiger partial charge in [-0.3, -0.25) is 4.79 Å². The fourth-order valence-corrected chi connectivity index (χ4v) is 4.66. The van der Waals surface area contributed by atoms with Gasteiger partial charge in [0.15, 0.2) is 0 Å². The van der Waals surface area contributed by atoms with E-state index in [1.807, 2.05) is 13.0 Å².